The van der Waals surface area contributed by atoms with Crippen LogP contribution in [0.1, 0.15) is 37.4 Å². The molecule has 0 bridgehead atoms. The Hall–Kier alpha value is -1.39. The first kappa shape index (κ1) is 13.1. The predicted octanol–water partition coefficient (Wildman–Crippen LogP) is 1.60. The number of nitrogens with one attached hydrogen (secondary N) is 2. The zero-order valence-electron chi connectivity index (χ0n) is 10.9. The van der Waals surface area contributed by atoms with Crippen molar-refractivity contribution in [2.45, 2.75) is 38.8 Å². The van der Waals surface area contributed by atoms with E-state index in [1.165, 1.54) is 5.56 Å². The molecule has 4 nitrogen and oxygen atoms in total. The minimum Gasteiger partial charge on any atom is -0.395 e. The van der Waals surface area contributed by atoms with Gasteiger partial charge >= 0.3 is 0 Å². The van der Waals surface area contributed by atoms with Gasteiger partial charge in [0, 0.05) is 17.3 Å². The van der Waals surface area contributed by atoms with Crippen molar-refractivity contribution in [3.05, 3.63) is 29.3 Å². The summed E-state index contributed by atoms with van der Waals surface area (Å²) in [6.45, 7) is 4.13. The number of amides is 1. The number of carbonyl (C=O) groups is 1. The first-order valence-corrected chi connectivity index (χ1v) is 6.50. The van der Waals surface area contributed by atoms with E-state index in [0.29, 0.717) is 0 Å². The highest BCUT2D eigenvalue weighted by Gasteiger charge is 2.31. The van der Waals surface area contributed by atoms with E-state index in [1.807, 2.05) is 19.1 Å². The van der Waals surface area contributed by atoms with Crippen molar-refractivity contribution in [1.82, 2.24) is 5.32 Å². The Balaban J connectivity index is 2.25. The van der Waals surface area contributed by atoms with Gasteiger partial charge in [-0.25, -0.2) is 0 Å². The number of benzene rings is 1. The summed E-state index contributed by atoms with van der Waals surface area (Å²) in [4.78, 5) is 11.9. The van der Waals surface area contributed by atoms with Gasteiger partial charge in [0.25, 0.3) is 0 Å². The van der Waals surface area contributed by atoms with E-state index in [-0.39, 0.29) is 24.6 Å². The summed E-state index contributed by atoms with van der Waals surface area (Å²) in [5.41, 5.74) is 3.09. The molecule has 1 aromatic carbocycles. The normalized spacial score (nSPS) is 19.5. The van der Waals surface area contributed by atoms with E-state index in [9.17, 15) is 9.90 Å². The quantitative estimate of drug-likeness (QED) is 0.741. The Morgan fingerprint density at radius 1 is 1.44 bits per heavy atom. The third kappa shape index (κ3) is 2.40. The number of carbonyl (C=O) groups excluding carboxylic acids is 1. The van der Waals surface area contributed by atoms with Crippen LogP contribution in [-0.2, 0) is 11.2 Å². The summed E-state index contributed by atoms with van der Waals surface area (Å²) in [6, 6.07) is 5.66. The molecule has 2 unspecified atom stereocenters. The SMILES string of the molecule is CCc1ccc2c(c1)C(NC(CC)CO)C(=O)N2. The van der Waals surface area contributed by atoms with E-state index in [0.717, 1.165) is 24.1 Å². The second-order valence-corrected chi connectivity index (χ2v) is 4.65. The minimum atomic E-state index is -0.344. The van der Waals surface area contributed by atoms with Gasteiger partial charge in [0.1, 0.15) is 6.04 Å². The lowest BCUT2D eigenvalue weighted by molar-refractivity contribution is -0.117. The Bertz CT molecular complexity index is 441. The van der Waals surface area contributed by atoms with Crippen molar-refractivity contribution in [2.75, 3.05) is 11.9 Å². The van der Waals surface area contributed by atoms with Crippen LogP contribution < -0.4 is 10.6 Å². The molecule has 0 radical (unpaired) electrons. The van der Waals surface area contributed by atoms with E-state index < -0.39 is 0 Å². The van der Waals surface area contributed by atoms with Crippen molar-refractivity contribution >= 4 is 11.6 Å². The maximum Gasteiger partial charge on any atom is 0.246 e. The smallest absolute Gasteiger partial charge is 0.246 e. The van der Waals surface area contributed by atoms with Crippen LogP contribution in [-0.4, -0.2) is 23.7 Å². The van der Waals surface area contributed by atoms with Gasteiger partial charge in [0.05, 0.1) is 6.61 Å². The van der Waals surface area contributed by atoms with Gasteiger partial charge in [-0.3, -0.25) is 10.1 Å². The molecule has 18 heavy (non-hydrogen) atoms. The Morgan fingerprint density at radius 2 is 2.22 bits per heavy atom. The molecule has 1 aliphatic rings. The summed E-state index contributed by atoms with van der Waals surface area (Å²) < 4.78 is 0. The monoisotopic (exact) mass is 248 g/mol. The molecule has 3 N–H and O–H groups in total. The van der Waals surface area contributed by atoms with Crippen LogP contribution >= 0.6 is 0 Å². The Morgan fingerprint density at radius 3 is 2.83 bits per heavy atom. The van der Waals surface area contributed by atoms with Crippen LogP contribution in [0.3, 0.4) is 0 Å². The number of aryl methyl sites for hydroxylation is 1. The van der Waals surface area contributed by atoms with Crippen molar-refractivity contribution in [2.24, 2.45) is 0 Å². The molecule has 0 aromatic heterocycles. The molecular formula is C14H20N2O2. The topological polar surface area (TPSA) is 61.4 Å². The Labute approximate surface area is 107 Å². The number of aliphatic hydroxyl groups excluding tert-OH is 1. The number of anilines is 1. The molecule has 1 heterocycles. The van der Waals surface area contributed by atoms with E-state index in [1.54, 1.807) is 0 Å². The number of aliphatic hydroxyl groups is 1. The van der Waals surface area contributed by atoms with Crippen LogP contribution in [0, 0.1) is 0 Å². The van der Waals surface area contributed by atoms with Gasteiger partial charge in [-0.15, -0.1) is 0 Å². The van der Waals surface area contributed by atoms with Gasteiger partial charge < -0.3 is 10.4 Å². The van der Waals surface area contributed by atoms with Gasteiger partial charge in [0.15, 0.2) is 0 Å². The summed E-state index contributed by atoms with van der Waals surface area (Å²) in [7, 11) is 0. The highest BCUT2D eigenvalue weighted by Crippen LogP contribution is 2.32. The lowest BCUT2D eigenvalue weighted by atomic mass is 10.0. The molecule has 2 atom stereocenters. The number of hydrogen-bond donors (Lipinski definition) is 3. The minimum absolute atomic E-state index is 0.0369. The maximum absolute atomic E-state index is 11.9. The first-order valence-electron chi connectivity index (χ1n) is 6.50. The zero-order chi connectivity index (χ0) is 13.1. The third-order valence-corrected chi connectivity index (χ3v) is 3.47. The standard InChI is InChI=1S/C14H20N2O2/c1-3-9-5-6-12-11(7-9)13(14(18)16-12)15-10(4-2)8-17/h5-7,10,13,15,17H,3-4,8H2,1-2H3,(H,16,18). The lowest BCUT2D eigenvalue weighted by Crippen LogP contribution is -2.38. The number of rotatable bonds is 5. The average Bonchev–Trinajstić information content (AvgIpc) is 2.70. The molecule has 1 aromatic rings. The van der Waals surface area contributed by atoms with Crippen molar-refractivity contribution in [3.63, 3.8) is 0 Å². The van der Waals surface area contributed by atoms with Crippen LogP contribution in [0.15, 0.2) is 18.2 Å². The van der Waals surface area contributed by atoms with Crippen LogP contribution in [0.25, 0.3) is 0 Å². The zero-order valence-corrected chi connectivity index (χ0v) is 10.9. The van der Waals surface area contributed by atoms with E-state index in [4.69, 9.17) is 0 Å². The highest BCUT2D eigenvalue weighted by atomic mass is 16.3. The van der Waals surface area contributed by atoms with Crippen LogP contribution in [0.2, 0.25) is 0 Å². The number of hydrogen-bond acceptors (Lipinski definition) is 3. The third-order valence-electron chi connectivity index (χ3n) is 3.47. The fourth-order valence-electron chi connectivity index (χ4n) is 2.23. The lowest BCUT2D eigenvalue weighted by Gasteiger charge is -2.19. The van der Waals surface area contributed by atoms with Gasteiger partial charge in [-0.05, 0) is 24.5 Å². The van der Waals surface area contributed by atoms with Crippen molar-refractivity contribution in [3.8, 4) is 0 Å². The second-order valence-electron chi connectivity index (χ2n) is 4.65. The van der Waals surface area contributed by atoms with Gasteiger partial charge in [-0.1, -0.05) is 26.0 Å². The molecule has 98 valence electrons. The first-order chi connectivity index (χ1) is 8.69. The summed E-state index contributed by atoms with van der Waals surface area (Å²) in [5, 5.41) is 15.3. The molecule has 2 rings (SSSR count). The fourth-order valence-corrected chi connectivity index (χ4v) is 2.23. The maximum atomic E-state index is 11.9. The van der Waals surface area contributed by atoms with Crippen molar-refractivity contribution in [1.29, 1.82) is 0 Å². The van der Waals surface area contributed by atoms with Gasteiger partial charge in [0.2, 0.25) is 5.91 Å². The molecule has 0 saturated carbocycles. The molecule has 0 aliphatic carbocycles. The summed E-state index contributed by atoms with van der Waals surface area (Å²) in [6.07, 6.45) is 1.74. The highest BCUT2D eigenvalue weighted by molar-refractivity contribution is 6.02. The summed E-state index contributed by atoms with van der Waals surface area (Å²) in [5.74, 6) is -0.0369. The second kappa shape index (κ2) is 5.50. The summed E-state index contributed by atoms with van der Waals surface area (Å²) >= 11 is 0. The molecule has 1 amide bonds. The largest absolute Gasteiger partial charge is 0.395 e. The molecule has 0 spiro atoms. The fraction of sp³-hybridized carbons (Fsp3) is 0.500. The molecule has 4 heteroatoms. The molecule has 0 fully saturated rings. The van der Waals surface area contributed by atoms with Crippen molar-refractivity contribution < 1.29 is 9.90 Å². The molecule has 0 saturated heterocycles. The van der Waals surface area contributed by atoms with E-state index in [2.05, 4.69) is 23.6 Å². The molecule has 1 aliphatic heterocycles. The van der Waals surface area contributed by atoms with Crippen LogP contribution in [0.5, 0.6) is 0 Å². The van der Waals surface area contributed by atoms with Crippen LogP contribution in [0.4, 0.5) is 5.69 Å². The Kier molecular flexibility index (Phi) is 3.99. The van der Waals surface area contributed by atoms with Gasteiger partial charge in [-0.2, -0.15) is 0 Å². The predicted molar refractivity (Wildman–Crippen MR) is 71.5 cm³/mol. The average molecular weight is 248 g/mol. The van der Waals surface area contributed by atoms with E-state index >= 15 is 0 Å². The number of fused-ring (bicyclic) bond motifs is 1. The molecular weight excluding hydrogens is 228 g/mol.